The minimum atomic E-state index is -0.542. The lowest BCUT2D eigenvalue weighted by atomic mass is 10.2. The van der Waals surface area contributed by atoms with E-state index in [0.717, 1.165) is 11.8 Å². The Labute approximate surface area is 117 Å². The van der Waals surface area contributed by atoms with E-state index < -0.39 is 4.92 Å². The van der Waals surface area contributed by atoms with Crippen molar-refractivity contribution < 1.29 is 14.8 Å². The number of hydrogen-bond donors (Lipinski definition) is 1. The van der Waals surface area contributed by atoms with Crippen LogP contribution in [0.15, 0.2) is 34.9 Å². The number of benzene rings is 1. The molecule has 0 aliphatic rings. The third kappa shape index (κ3) is 3.19. The Morgan fingerprint density at radius 3 is 2.68 bits per heavy atom. The molecule has 0 saturated carbocycles. The zero-order valence-corrected chi connectivity index (χ0v) is 11.4. The molecule has 0 bridgehead atoms. The van der Waals surface area contributed by atoms with Gasteiger partial charge in [0.1, 0.15) is 17.7 Å². The van der Waals surface area contributed by atoms with Crippen LogP contribution in [0.2, 0.25) is 0 Å². The number of pyridine rings is 1. The van der Waals surface area contributed by atoms with E-state index in [-0.39, 0.29) is 17.3 Å². The van der Waals surface area contributed by atoms with Crippen LogP contribution >= 0.6 is 15.9 Å². The predicted molar refractivity (Wildman–Crippen MR) is 71.5 cm³/mol. The number of phenolic OH excluding ortho intramolecular Hbond substituents is 1. The van der Waals surface area contributed by atoms with Gasteiger partial charge in [0, 0.05) is 12.1 Å². The van der Waals surface area contributed by atoms with Gasteiger partial charge in [0.05, 0.1) is 9.40 Å². The Morgan fingerprint density at radius 1 is 1.37 bits per heavy atom. The molecule has 98 valence electrons. The van der Waals surface area contributed by atoms with Crippen molar-refractivity contribution in [3.8, 4) is 17.4 Å². The molecule has 2 aromatic rings. The number of aromatic hydroxyl groups is 1. The number of nitro groups is 1. The summed E-state index contributed by atoms with van der Waals surface area (Å²) in [5, 5.41) is 20.0. The molecule has 1 N–H and O–H groups in total. The van der Waals surface area contributed by atoms with Crippen molar-refractivity contribution in [3.05, 3.63) is 50.6 Å². The first-order chi connectivity index (χ1) is 8.95. The highest BCUT2D eigenvalue weighted by Gasteiger charge is 2.12. The summed E-state index contributed by atoms with van der Waals surface area (Å²) in [5.41, 5.74) is 0.694. The zero-order valence-electron chi connectivity index (χ0n) is 9.83. The first-order valence-electron chi connectivity index (χ1n) is 5.24. The van der Waals surface area contributed by atoms with E-state index in [9.17, 15) is 15.2 Å². The Morgan fingerprint density at radius 2 is 2.11 bits per heavy atom. The van der Waals surface area contributed by atoms with Gasteiger partial charge in [-0.2, -0.15) is 0 Å². The number of nitrogens with zero attached hydrogens (tertiary/aromatic N) is 2. The molecule has 0 spiro atoms. The van der Waals surface area contributed by atoms with Crippen molar-refractivity contribution in [2.45, 2.75) is 6.92 Å². The molecular weight excluding hydrogens is 316 g/mol. The maximum atomic E-state index is 10.6. The van der Waals surface area contributed by atoms with Gasteiger partial charge in [0.25, 0.3) is 5.69 Å². The van der Waals surface area contributed by atoms with Crippen molar-refractivity contribution >= 4 is 21.6 Å². The molecule has 0 aliphatic heterocycles. The van der Waals surface area contributed by atoms with Gasteiger partial charge in [-0.25, -0.2) is 4.98 Å². The molecule has 0 aliphatic carbocycles. The average Bonchev–Trinajstić information content (AvgIpc) is 2.30. The molecule has 1 aromatic heterocycles. The van der Waals surface area contributed by atoms with Crippen molar-refractivity contribution in [3.63, 3.8) is 0 Å². The normalized spacial score (nSPS) is 10.2. The van der Waals surface area contributed by atoms with Crippen LogP contribution in [-0.2, 0) is 0 Å². The van der Waals surface area contributed by atoms with E-state index in [4.69, 9.17) is 4.74 Å². The third-order valence-electron chi connectivity index (χ3n) is 2.25. The molecule has 0 amide bonds. The van der Waals surface area contributed by atoms with E-state index in [2.05, 4.69) is 20.9 Å². The van der Waals surface area contributed by atoms with Crippen LogP contribution in [0.3, 0.4) is 0 Å². The summed E-state index contributed by atoms with van der Waals surface area (Å²) >= 11 is 3.16. The van der Waals surface area contributed by atoms with Gasteiger partial charge in [0.2, 0.25) is 5.88 Å². The molecule has 19 heavy (non-hydrogen) atoms. The fourth-order valence-corrected chi connectivity index (χ4v) is 1.91. The maximum Gasteiger partial charge on any atom is 0.288 e. The summed E-state index contributed by atoms with van der Waals surface area (Å²) in [6.45, 7) is 1.81. The summed E-state index contributed by atoms with van der Waals surface area (Å²) < 4.78 is 5.83. The second-order valence-electron chi connectivity index (χ2n) is 3.84. The maximum absolute atomic E-state index is 10.6. The first kappa shape index (κ1) is 13.3. The standard InChI is InChI=1S/C12H9BrN2O4/c1-7-2-9(16)5-10(3-7)19-12-11(13)4-8(6-14-12)15(17)18/h2-6,16H,1H3. The Kier molecular flexibility index (Phi) is 3.66. The van der Waals surface area contributed by atoms with Gasteiger partial charge in [-0.05, 0) is 40.5 Å². The van der Waals surface area contributed by atoms with E-state index in [1.54, 1.807) is 12.1 Å². The van der Waals surface area contributed by atoms with Crippen LogP contribution in [0.4, 0.5) is 5.69 Å². The molecule has 7 heteroatoms. The number of rotatable bonds is 3. The topological polar surface area (TPSA) is 85.5 Å². The summed E-state index contributed by atoms with van der Waals surface area (Å²) in [4.78, 5) is 13.9. The minimum absolute atomic E-state index is 0.0769. The van der Waals surface area contributed by atoms with Gasteiger partial charge in [0.15, 0.2) is 0 Å². The molecule has 0 atom stereocenters. The van der Waals surface area contributed by atoms with E-state index >= 15 is 0 Å². The lowest BCUT2D eigenvalue weighted by Crippen LogP contribution is -1.93. The van der Waals surface area contributed by atoms with Crippen molar-refractivity contribution in [2.75, 3.05) is 0 Å². The largest absolute Gasteiger partial charge is 0.508 e. The average molecular weight is 325 g/mol. The molecule has 1 aromatic carbocycles. The van der Waals surface area contributed by atoms with Gasteiger partial charge < -0.3 is 9.84 Å². The second kappa shape index (κ2) is 5.23. The quantitative estimate of drug-likeness (QED) is 0.689. The third-order valence-corrected chi connectivity index (χ3v) is 2.82. The highest BCUT2D eigenvalue weighted by Crippen LogP contribution is 2.31. The highest BCUT2D eigenvalue weighted by molar-refractivity contribution is 9.10. The second-order valence-corrected chi connectivity index (χ2v) is 4.70. The lowest BCUT2D eigenvalue weighted by molar-refractivity contribution is -0.385. The molecule has 0 radical (unpaired) electrons. The van der Waals surface area contributed by atoms with Crippen molar-refractivity contribution in [1.29, 1.82) is 0 Å². The highest BCUT2D eigenvalue weighted by atomic mass is 79.9. The van der Waals surface area contributed by atoms with Crippen LogP contribution in [0, 0.1) is 17.0 Å². The summed E-state index contributed by atoms with van der Waals surface area (Å²) in [5.74, 6) is 0.670. The summed E-state index contributed by atoms with van der Waals surface area (Å²) in [6.07, 6.45) is 1.11. The van der Waals surface area contributed by atoms with Gasteiger partial charge in [-0.1, -0.05) is 0 Å². The minimum Gasteiger partial charge on any atom is -0.508 e. The smallest absolute Gasteiger partial charge is 0.288 e. The fraction of sp³-hybridized carbons (Fsp3) is 0.0833. The molecule has 6 nitrogen and oxygen atoms in total. The number of aromatic nitrogens is 1. The van der Waals surface area contributed by atoms with Crippen molar-refractivity contribution in [2.24, 2.45) is 0 Å². The monoisotopic (exact) mass is 324 g/mol. The molecule has 0 saturated heterocycles. The number of aryl methyl sites for hydroxylation is 1. The molecule has 0 unspecified atom stereocenters. The molecule has 2 rings (SSSR count). The Bertz CT molecular complexity index is 625. The van der Waals surface area contributed by atoms with Crippen molar-refractivity contribution in [1.82, 2.24) is 4.98 Å². The van der Waals surface area contributed by atoms with Crippen LogP contribution in [0.25, 0.3) is 0 Å². The predicted octanol–water partition coefficient (Wildman–Crippen LogP) is 3.56. The van der Waals surface area contributed by atoms with Crippen LogP contribution < -0.4 is 4.74 Å². The van der Waals surface area contributed by atoms with E-state index in [0.29, 0.717) is 10.2 Å². The van der Waals surface area contributed by atoms with E-state index in [1.165, 1.54) is 12.1 Å². The lowest BCUT2D eigenvalue weighted by Gasteiger charge is -2.07. The molecule has 0 fully saturated rings. The number of halogens is 1. The summed E-state index contributed by atoms with van der Waals surface area (Å²) in [6, 6.07) is 6.04. The number of hydrogen-bond acceptors (Lipinski definition) is 5. The Balaban J connectivity index is 2.30. The van der Waals surface area contributed by atoms with Crippen LogP contribution in [-0.4, -0.2) is 15.0 Å². The van der Waals surface area contributed by atoms with Gasteiger partial charge in [-0.15, -0.1) is 0 Å². The molecule has 1 heterocycles. The Hall–Kier alpha value is -2.15. The first-order valence-corrected chi connectivity index (χ1v) is 6.03. The van der Waals surface area contributed by atoms with Crippen LogP contribution in [0.5, 0.6) is 17.4 Å². The zero-order chi connectivity index (χ0) is 14.0. The van der Waals surface area contributed by atoms with Crippen LogP contribution in [0.1, 0.15) is 5.56 Å². The SMILES string of the molecule is Cc1cc(O)cc(Oc2ncc([N+](=O)[O-])cc2Br)c1. The molecular formula is C12H9BrN2O4. The number of phenols is 1. The summed E-state index contributed by atoms with van der Waals surface area (Å²) in [7, 11) is 0. The number of ether oxygens (including phenoxy) is 1. The van der Waals surface area contributed by atoms with E-state index in [1.807, 2.05) is 6.92 Å². The fourth-order valence-electron chi connectivity index (χ4n) is 1.49. The van der Waals surface area contributed by atoms with Gasteiger partial charge >= 0.3 is 0 Å². The van der Waals surface area contributed by atoms with Gasteiger partial charge in [-0.3, -0.25) is 10.1 Å².